The van der Waals surface area contributed by atoms with E-state index in [0.717, 1.165) is 54.5 Å². The number of thiazole rings is 1. The number of ketones is 1. The van der Waals surface area contributed by atoms with E-state index in [1.54, 1.807) is 0 Å². The molecule has 1 saturated heterocycles. The quantitative estimate of drug-likeness (QED) is 0.521. The summed E-state index contributed by atoms with van der Waals surface area (Å²) in [5.74, 6) is -2.73. The fourth-order valence-electron chi connectivity index (χ4n) is 3.92. The van der Waals surface area contributed by atoms with Crippen LogP contribution in [0.1, 0.15) is 28.1 Å². The summed E-state index contributed by atoms with van der Waals surface area (Å²) in [5.41, 5.74) is 7.48. The minimum atomic E-state index is -0.927. The fraction of sp³-hybridized carbons (Fsp3) is 0.273. The molecule has 4 N–H and O–H groups in total. The molecule has 160 valence electrons. The van der Waals surface area contributed by atoms with Gasteiger partial charge in [0.05, 0.1) is 5.56 Å². The number of nitrogens with one attached hydrogen (secondary N) is 2. The molecular formula is C22H21F2N5OS. The van der Waals surface area contributed by atoms with Gasteiger partial charge < -0.3 is 21.3 Å². The molecule has 1 aliphatic carbocycles. The molecule has 1 spiro atoms. The van der Waals surface area contributed by atoms with Gasteiger partial charge in [-0.25, -0.2) is 13.8 Å². The van der Waals surface area contributed by atoms with E-state index in [4.69, 9.17) is 5.73 Å². The zero-order chi connectivity index (χ0) is 21.6. The molecule has 1 aliphatic heterocycles. The van der Waals surface area contributed by atoms with Crippen LogP contribution >= 0.6 is 11.3 Å². The molecule has 6 nitrogen and oxygen atoms in total. The topological polar surface area (TPSA) is 83.3 Å². The van der Waals surface area contributed by atoms with Crippen molar-refractivity contribution < 1.29 is 13.6 Å². The van der Waals surface area contributed by atoms with Gasteiger partial charge in [-0.15, -0.1) is 0 Å². The van der Waals surface area contributed by atoms with Crippen molar-refractivity contribution in [2.24, 2.45) is 0 Å². The average molecular weight is 442 g/mol. The Balaban J connectivity index is 1.31. The highest BCUT2D eigenvalue weighted by molar-refractivity contribution is 7.18. The summed E-state index contributed by atoms with van der Waals surface area (Å²) >= 11 is 0.966. The molecule has 2 fully saturated rings. The Morgan fingerprint density at radius 2 is 1.87 bits per heavy atom. The van der Waals surface area contributed by atoms with Crippen LogP contribution in [-0.2, 0) is 0 Å². The maximum atomic E-state index is 14.0. The molecule has 0 amide bonds. The lowest BCUT2D eigenvalue weighted by Gasteiger charge is -2.35. The molecule has 3 aromatic rings. The number of piperazine rings is 1. The Labute approximate surface area is 182 Å². The van der Waals surface area contributed by atoms with Gasteiger partial charge in [-0.3, -0.25) is 4.79 Å². The predicted octanol–water partition coefficient (Wildman–Crippen LogP) is 3.92. The maximum absolute atomic E-state index is 14.0. The highest BCUT2D eigenvalue weighted by Gasteiger charge is 2.45. The van der Waals surface area contributed by atoms with Gasteiger partial charge in [0.25, 0.3) is 0 Å². The number of benzene rings is 2. The van der Waals surface area contributed by atoms with E-state index in [-0.39, 0.29) is 10.7 Å². The molecule has 2 aliphatic rings. The summed E-state index contributed by atoms with van der Waals surface area (Å²) in [6.07, 6.45) is 2.46. The first-order chi connectivity index (χ1) is 14.9. The second-order valence-electron chi connectivity index (χ2n) is 7.96. The highest BCUT2D eigenvalue weighted by Crippen LogP contribution is 2.39. The molecule has 1 aromatic heterocycles. The summed E-state index contributed by atoms with van der Waals surface area (Å²) in [5, 5.41) is 7.10. The second-order valence-corrected chi connectivity index (χ2v) is 8.96. The number of hydrogen-bond donors (Lipinski definition) is 3. The summed E-state index contributed by atoms with van der Waals surface area (Å²) in [6, 6.07) is 11.2. The lowest BCUT2D eigenvalue weighted by molar-refractivity contribution is 0.103. The van der Waals surface area contributed by atoms with Crippen LogP contribution in [0.25, 0.3) is 0 Å². The second kappa shape index (κ2) is 7.58. The van der Waals surface area contributed by atoms with E-state index in [2.05, 4.69) is 20.5 Å². The van der Waals surface area contributed by atoms with E-state index >= 15 is 0 Å². The number of carbonyl (C=O) groups excluding carboxylic acids is 1. The predicted molar refractivity (Wildman–Crippen MR) is 118 cm³/mol. The molecule has 5 rings (SSSR count). The van der Waals surface area contributed by atoms with E-state index in [1.807, 2.05) is 24.3 Å². The summed E-state index contributed by atoms with van der Waals surface area (Å²) in [7, 11) is 0. The third-order valence-corrected chi connectivity index (χ3v) is 6.75. The van der Waals surface area contributed by atoms with Gasteiger partial charge in [0, 0.05) is 36.5 Å². The molecule has 9 heteroatoms. The van der Waals surface area contributed by atoms with Crippen molar-refractivity contribution in [3.8, 4) is 0 Å². The average Bonchev–Trinajstić information content (AvgIpc) is 3.39. The first-order valence-electron chi connectivity index (χ1n) is 10.1. The number of nitrogen functional groups attached to an aromatic ring is 1. The molecule has 0 bridgehead atoms. The first kappa shape index (κ1) is 19.9. The van der Waals surface area contributed by atoms with Crippen molar-refractivity contribution in [1.82, 2.24) is 10.3 Å². The smallest absolute Gasteiger partial charge is 0.212 e. The Hall–Kier alpha value is -3.04. The Kier molecular flexibility index (Phi) is 4.86. The molecule has 31 heavy (non-hydrogen) atoms. The standard InChI is InChI=1S/C22H21F2N5OS/c23-15-2-1-3-16(24)17(15)18(30)19-20(25)28-21(31-19)27-13-4-6-14(7-5-13)29-11-10-26-22(12-29)8-9-22/h1-7,26H,8-12,25H2,(H,27,28). The van der Waals surface area contributed by atoms with Crippen molar-refractivity contribution in [3.63, 3.8) is 0 Å². The van der Waals surface area contributed by atoms with Gasteiger partial charge in [0.1, 0.15) is 22.3 Å². The summed E-state index contributed by atoms with van der Waals surface area (Å²) in [4.78, 5) is 19.2. The summed E-state index contributed by atoms with van der Waals surface area (Å²) < 4.78 is 27.9. The number of nitrogens with two attached hydrogens (primary N) is 1. The number of anilines is 4. The van der Waals surface area contributed by atoms with Crippen molar-refractivity contribution in [2.75, 3.05) is 35.6 Å². The Morgan fingerprint density at radius 1 is 1.16 bits per heavy atom. The van der Waals surface area contributed by atoms with Gasteiger partial charge in [-0.2, -0.15) is 0 Å². The van der Waals surface area contributed by atoms with Crippen molar-refractivity contribution in [3.05, 3.63) is 64.5 Å². The van der Waals surface area contributed by atoms with Crippen LogP contribution in [0.5, 0.6) is 0 Å². The number of carbonyl (C=O) groups is 1. The SMILES string of the molecule is Nc1nc(Nc2ccc(N3CCNC4(CC4)C3)cc2)sc1C(=O)c1c(F)cccc1F. The van der Waals surface area contributed by atoms with Gasteiger partial charge >= 0.3 is 0 Å². The molecule has 0 radical (unpaired) electrons. The highest BCUT2D eigenvalue weighted by atomic mass is 32.1. The largest absolute Gasteiger partial charge is 0.382 e. The number of halogens is 2. The third kappa shape index (κ3) is 3.86. The molecule has 0 atom stereocenters. The maximum Gasteiger partial charge on any atom is 0.212 e. The fourth-order valence-corrected chi connectivity index (χ4v) is 4.77. The van der Waals surface area contributed by atoms with Crippen LogP contribution in [0.3, 0.4) is 0 Å². The number of aromatic nitrogens is 1. The van der Waals surface area contributed by atoms with E-state index < -0.39 is 23.0 Å². The zero-order valence-corrected chi connectivity index (χ0v) is 17.4. The van der Waals surface area contributed by atoms with Gasteiger partial charge in [-0.1, -0.05) is 17.4 Å². The van der Waals surface area contributed by atoms with Crippen LogP contribution in [0.15, 0.2) is 42.5 Å². The van der Waals surface area contributed by atoms with Crippen molar-refractivity contribution >= 4 is 39.4 Å². The van der Waals surface area contributed by atoms with Crippen molar-refractivity contribution in [1.29, 1.82) is 0 Å². The van der Waals surface area contributed by atoms with Crippen LogP contribution < -0.4 is 21.3 Å². The van der Waals surface area contributed by atoms with Gasteiger partial charge in [-0.05, 0) is 49.2 Å². The van der Waals surface area contributed by atoms with Gasteiger partial charge in [0.2, 0.25) is 5.78 Å². The summed E-state index contributed by atoms with van der Waals surface area (Å²) in [6.45, 7) is 2.97. The first-order valence-corrected chi connectivity index (χ1v) is 10.9. The molecule has 1 saturated carbocycles. The molecule has 2 aromatic carbocycles. The van der Waals surface area contributed by atoms with Crippen LogP contribution in [0, 0.1) is 11.6 Å². The lowest BCUT2D eigenvalue weighted by atomic mass is 10.1. The van der Waals surface area contributed by atoms with E-state index in [1.165, 1.54) is 18.9 Å². The zero-order valence-electron chi connectivity index (χ0n) is 16.6. The minimum absolute atomic E-state index is 0.00123. The van der Waals surface area contributed by atoms with E-state index in [0.29, 0.717) is 10.7 Å². The number of hydrogen-bond acceptors (Lipinski definition) is 7. The Bertz CT molecular complexity index is 1120. The molecule has 0 unspecified atom stereocenters. The van der Waals surface area contributed by atoms with Crippen LogP contribution in [0.2, 0.25) is 0 Å². The Morgan fingerprint density at radius 3 is 2.55 bits per heavy atom. The van der Waals surface area contributed by atoms with Crippen LogP contribution in [0.4, 0.5) is 31.1 Å². The van der Waals surface area contributed by atoms with Crippen molar-refractivity contribution in [2.45, 2.75) is 18.4 Å². The monoisotopic (exact) mass is 441 g/mol. The molecule has 2 heterocycles. The number of rotatable bonds is 5. The molecular weight excluding hydrogens is 420 g/mol. The third-order valence-electron chi connectivity index (χ3n) is 5.76. The van der Waals surface area contributed by atoms with Gasteiger partial charge in [0.15, 0.2) is 5.13 Å². The van der Waals surface area contributed by atoms with Crippen LogP contribution in [-0.4, -0.2) is 35.9 Å². The number of nitrogens with zero attached hydrogens (tertiary/aromatic N) is 2. The minimum Gasteiger partial charge on any atom is -0.382 e. The lowest BCUT2D eigenvalue weighted by Crippen LogP contribution is -2.52. The normalized spacial score (nSPS) is 17.0. The van der Waals surface area contributed by atoms with E-state index in [9.17, 15) is 13.6 Å².